The molecule has 0 unspecified atom stereocenters. The number of ether oxygens (including phenoxy) is 1. The van der Waals surface area contributed by atoms with Crippen LogP contribution in [0.25, 0.3) is 0 Å². The van der Waals surface area contributed by atoms with E-state index in [2.05, 4.69) is 15.6 Å². The van der Waals surface area contributed by atoms with Gasteiger partial charge in [-0.15, -0.1) is 0 Å². The zero-order chi connectivity index (χ0) is 17.6. The molecule has 2 amide bonds. The number of nitrogens with zero attached hydrogens (tertiary/aromatic N) is 1. The molecule has 7 nitrogen and oxygen atoms in total. The molecular weight excluding hydrogens is 322 g/mol. The van der Waals surface area contributed by atoms with Crippen LogP contribution in [0.2, 0.25) is 0 Å². The second kappa shape index (κ2) is 8.40. The minimum absolute atomic E-state index is 0.00858. The van der Waals surface area contributed by atoms with Gasteiger partial charge in [-0.05, 0) is 44.2 Å². The highest BCUT2D eigenvalue weighted by Crippen LogP contribution is 2.28. The van der Waals surface area contributed by atoms with E-state index in [9.17, 15) is 14.7 Å². The number of aliphatic hydroxyl groups is 1. The SMILES string of the molecule is O=C(N[C@H]1CC[C@@H](CCNC(=O)C2CC2)O[C@H]1CO)c1ccncc1. The van der Waals surface area contributed by atoms with Crippen molar-refractivity contribution in [1.29, 1.82) is 0 Å². The fraction of sp³-hybridized carbons (Fsp3) is 0.611. The van der Waals surface area contributed by atoms with Crippen molar-refractivity contribution >= 4 is 11.8 Å². The Kier molecular flexibility index (Phi) is 5.99. The largest absolute Gasteiger partial charge is 0.394 e. The summed E-state index contributed by atoms with van der Waals surface area (Å²) in [5.41, 5.74) is 0.539. The molecular formula is C18H25N3O4. The number of hydrogen-bond donors (Lipinski definition) is 3. The van der Waals surface area contributed by atoms with Gasteiger partial charge in [0.2, 0.25) is 5.91 Å². The smallest absolute Gasteiger partial charge is 0.251 e. The lowest BCUT2D eigenvalue weighted by Crippen LogP contribution is -2.51. The molecule has 136 valence electrons. The lowest BCUT2D eigenvalue weighted by molar-refractivity contribution is -0.122. The zero-order valence-corrected chi connectivity index (χ0v) is 14.2. The number of pyridine rings is 1. The van der Waals surface area contributed by atoms with Crippen LogP contribution in [-0.2, 0) is 9.53 Å². The first-order valence-electron chi connectivity index (χ1n) is 8.92. The van der Waals surface area contributed by atoms with E-state index in [1.54, 1.807) is 24.5 Å². The summed E-state index contributed by atoms with van der Waals surface area (Å²) in [7, 11) is 0. The predicted molar refractivity (Wildman–Crippen MR) is 90.8 cm³/mol. The second-order valence-electron chi connectivity index (χ2n) is 6.73. The van der Waals surface area contributed by atoms with Crippen molar-refractivity contribution in [1.82, 2.24) is 15.6 Å². The molecule has 2 fully saturated rings. The van der Waals surface area contributed by atoms with Crippen LogP contribution in [0.3, 0.4) is 0 Å². The first kappa shape index (κ1) is 17.8. The maximum absolute atomic E-state index is 12.2. The molecule has 1 aromatic heterocycles. The van der Waals surface area contributed by atoms with Gasteiger partial charge in [-0.2, -0.15) is 0 Å². The van der Waals surface area contributed by atoms with E-state index in [4.69, 9.17) is 4.74 Å². The van der Waals surface area contributed by atoms with Crippen LogP contribution in [0.5, 0.6) is 0 Å². The molecule has 1 aliphatic carbocycles. The number of aromatic nitrogens is 1. The van der Waals surface area contributed by atoms with Crippen LogP contribution < -0.4 is 10.6 Å². The lowest BCUT2D eigenvalue weighted by Gasteiger charge is -2.36. The van der Waals surface area contributed by atoms with Crippen LogP contribution in [0, 0.1) is 5.92 Å². The Bertz CT molecular complexity index is 591. The molecule has 1 aromatic rings. The minimum atomic E-state index is -0.427. The van der Waals surface area contributed by atoms with Crippen molar-refractivity contribution in [2.45, 2.75) is 50.4 Å². The molecule has 3 rings (SSSR count). The van der Waals surface area contributed by atoms with E-state index in [1.807, 2.05) is 0 Å². The molecule has 7 heteroatoms. The van der Waals surface area contributed by atoms with Crippen molar-refractivity contribution in [3.05, 3.63) is 30.1 Å². The van der Waals surface area contributed by atoms with Gasteiger partial charge in [0.05, 0.1) is 18.8 Å². The maximum atomic E-state index is 12.2. The fourth-order valence-electron chi connectivity index (χ4n) is 3.11. The molecule has 25 heavy (non-hydrogen) atoms. The van der Waals surface area contributed by atoms with E-state index in [0.717, 1.165) is 32.1 Å². The zero-order valence-electron chi connectivity index (χ0n) is 14.2. The number of hydrogen-bond acceptors (Lipinski definition) is 5. The van der Waals surface area contributed by atoms with Gasteiger partial charge in [0.1, 0.15) is 6.10 Å². The minimum Gasteiger partial charge on any atom is -0.394 e. The highest BCUT2D eigenvalue weighted by atomic mass is 16.5. The lowest BCUT2D eigenvalue weighted by atomic mass is 9.96. The van der Waals surface area contributed by atoms with E-state index in [1.165, 1.54) is 0 Å². The monoisotopic (exact) mass is 347 g/mol. The van der Waals surface area contributed by atoms with Crippen LogP contribution >= 0.6 is 0 Å². The molecule has 0 spiro atoms. The summed E-state index contributed by atoms with van der Waals surface area (Å²) < 4.78 is 5.91. The fourth-order valence-corrected chi connectivity index (χ4v) is 3.11. The highest BCUT2D eigenvalue weighted by Gasteiger charge is 2.33. The summed E-state index contributed by atoms with van der Waals surface area (Å²) >= 11 is 0. The molecule has 0 radical (unpaired) electrons. The van der Waals surface area contributed by atoms with Gasteiger partial charge < -0.3 is 20.5 Å². The molecule has 2 aliphatic rings. The molecule has 3 atom stereocenters. The number of nitrogens with one attached hydrogen (secondary N) is 2. The Hall–Kier alpha value is -1.99. The van der Waals surface area contributed by atoms with Gasteiger partial charge in [-0.1, -0.05) is 0 Å². The topological polar surface area (TPSA) is 101 Å². The summed E-state index contributed by atoms with van der Waals surface area (Å²) in [4.78, 5) is 27.8. The van der Waals surface area contributed by atoms with Crippen LogP contribution in [0.1, 0.15) is 42.5 Å². The average molecular weight is 347 g/mol. The Balaban J connectivity index is 1.44. The number of amides is 2. The number of carbonyl (C=O) groups is 2. The van der Waals surface area contributed by atoms with Crippen LogP contribution in [0.4, 0.5) is 0 Å². The Morgan fingerprint density at radius 1 is 1.20 bits per heavy atom. The summed E-state index contributed by atoms with van der Waals surface area (Å²) in [5.74, 6) is 0.159. The highest BCUT2D eigenvalue weighted by molar-refractivity contribution is 5.94. The standard InChI is InChI=1S/C18H25N3O4/c22-11-16-15(21-18(24)13-5-8-19-9-6-13)4-3-14(25-16)7-10-20-17(23)12-1-2-12/h5-6,8-9,12,14-16,22H,1-4,7,10-11H2,(H,20,23)(H,21,24)/t14-,15-,16-/m0/s1. The third-order valence-corrected chi connectivity index (χ3v) is 4.77. The normalized spacial score (nSPS) is 26.0. The van der Waals surface area contributed by atoms with Crippen molar-refractivity contribution < 1.29 is 19.4 Å². The van der Waals surface area contributed by atoms with Gasteiger partial charge in [0.25, 0.3) is 5.91 Å². The Labute approximate surface area is 147 Å². The predicted octanol–water partition coefficient (Wildman–Crippen LogP) is 0.636. The summed E-state index contributed by atoms with van der Waals surface area (Å²) in [5, 5.41) is 15.5. The third-order valence-electron chi connectivity index (χ3n) is 4.77. The molecule has 2 heterocycles. The molecule has 0 bridgehead atoms. The van der Waals surface area contributed by atoms with Gasteiger partial charge >= 0.3 is 0 Å². The van der Waals surface area contributed by atoms with E-state index >= 15 is 0 Å². The van der Waals surface area contributed by atoms with E-state index in [0.29, 0.717) is 12.1 Å². The summed E-state index contributed by atoms with van der Waals surface area (Å²) in [6.07, 6.45) is 6.95. The van der Waals surface area contributed by atoms with E-state index < -0.39 is 6.10 Å². The van der Waals surface area contributed by atoms with Crippen molar-refractivity contribution in [2.24, 2.45) is 5.92 Å². The first-order chi connectivity index (χ1) is 12.2. The molecule has 1 saturated heterocycles. The van der Waals surface area contributed by atoms with Gasteiger partial charge in [0.15, 0.2) is 0 Å². The van der Waals surface area contributed by atoms with Crippen molar-refractivity contribution in [3.63, 3.8) is 0 Å². The number of aliphatic hydroxyl groups excluding tert-OH is 1. The number of carbonyl (C=O) groups excluding carboxylic acids is 2. The quantitative estimate of drug-likeness (QED) is 0.672. The molecule has 3 N–H and O–H groups in total. The van der Waals surface area contributed by atoms with Crippen LogP contribution in [0.15, 0.2) is 24.5 Å². The maximum Gasteiger partial charge on any atom is 0.251 e. The first-order valence-corrected chi connectivity index (χ1v) is 8.92. The molecule has 1 aliphatic heterocycles. The summed E-state index contributed by atoms with van der Waals surface area (Å²) in [6.45, 7) is 0.443. The molecule has 1 saturated carbocycles. The summed E-state index contributed by atoms with van der Waals surface area (Å²) in [6, 6.07) is 3.08. The van der Waals surface area contributed by atoms with Crippen LogP contribution in [-0.4, -0.2) is 53.3 Å². The average Bonchev–Trinajstić information content (AvgIpc) is 3.48. The third kappa shape index (κ3) is 4.99. The Morgan fingerprint density at radius 3 is 2.64 bits per heavy atom. The van der Waals surface area contributed by atoms with E-state index in [-0.39, 0.29) is 36.5 Å². The number of rotatable bonds is 7. The van der Waals surface area contributed by atoms with Gasteiger partial charge in [-0.3, -0.25) is 14.6 Å². The molecule has 0 aromatic carbocycles. The van der Waals surface area contributed by atoms with Crippen molar-refractivity contribution in [2.75, 3.05) is 13.2 Å². The second-order valence-corrected chi connectivity index (χ2v) is 6.73. The van der Waals surface area contributed by atoms with Gasteiger partial charge in [0, 0.05) is 30.4 Å². The van der Waals surface area contributed by atoms with Gasteiger partial charge in [-0.25, -0.2) is 0 Å². The Morgan fingerprint density at radius 2 is 1.96 bits per heavy atom. The van der Waals surface area contributed by atoms with Crippen molar-refractivity contribution in [3.8, 4) is 0 Å².